The zero-order valence-electron chi connectivity index (χ0n) is 24.0. The number of benzene rings is 6. The molecule has 0 atom stereocenters. The molecule has 0 nitrogen and oxygen atoms in total. The van der Waals surface area contributed by atoms with Crippen LogP contribution in [0.4, 0.5) is 0 Å². The van der Waals surface area contributed by atoms with E-state index in [9.17, 15) is 0 Å². The first kappa shape index (κ1) is 27.2. The largest absolute Gasteiger partial charge is 0.140 e. The van der Waals surface area contributed by atoms with Crippen molar-refractivity contribution < 1.29 is 0 Å². The van der Waals surface area contributed by atoms with Crippen LogP contribution in [-0.4, -0.2) is 0 Å². The van der Waals surface area contributed by atoms with Crippen LogP contribution < -0.4 is 0 Å². The number of thiophene rings is 1. The summed E-state index contributed by atoms with van der Waals surface area (Å²) in [5.41, 5.74) is 1.37. The van der Waals surface area contributed by atoms with E-state index in [1.165, 1.54) is 103 Å². The maximum atomic E-state index is 2.35. The molecule has 0 aliphatic heterocycles. The molecule has 0 saturated carbocycles. The molecular weight excluding hydrogens is 513 g/mol. The lowest BCUT2D eigenvalue weighted by atomic mass is 9.99. The molecule has 0 aliphatic rings. The lowest BCUT2D eigenvalue weighted by Gasteiger charge is -2.07. The maximum absolute atomic E-state index is 2.35. The van der Waals surface area contributed by atoms with Gasteiger partial charge in [0.05, 0.1) is 0 Å². The van der Waals surface area contributed by atoms with E-state index in [4.69, 9.17) is 0 Å². The third-order valence-electron chi connectivity index (χ3n) is 8.06. The third-order valence-corrected chi connectivity index (χ3v) is 9.24. The van der Waals surface area contributed by atoms with Gasteiger partial charge in [0.25, 0.3) is 0 Å². The first-order valence-corrected chi connectivity index (χ1v) is 16.0. The van der Waals surface area contributed by atoms with Gasteiger partial charge in [-0.2, -0.15) is 0 Å². The first-order chi connectivity index (χ1) is 20.3. The summed E-state index contributed by atoms with van der Waals surface area (Å²) in [6, 6.07) is 46.1. The van der Waals surface area contributed by atoms with Gasteiger partial charge in [0.1, 0.15) is 0 Å². The molecule has 0 N–H and O–H groups in total. The Kier molecular flexibility index (Phi) is 8.74. The van der Waals surface area contributed by atoms with Crippen LogP contribution in [0, 0.1) is 0 Å². The van der Waals surface area contributed by atoms with Gasteiger partial charge in [0.15, 0.2) is 0 Å². The average Bonchev–Trinajstić information content (AvgIpc) is 3.49. The van der Waals surface area contributed by atoms with Crippen molar-refractivity contribution in [2.75, 3.05) is 0 Å². The molecule has 0 aliphatic carbocycles. The van der Waals surface area contributed by atoms with Gasteiger partial charge in [-0.15, -0.1) is 11.3 Å². The van der Waals surface area contributed by atoms with Crippen molar-refractivity contribution in [3.63, 3.8) is 0 Å². The Balaban J connectivity index is 0.000000180. The predicted molar refractivity (Wildman–Crippen MR) is 183 cm³/mol. The Morgan fingerprint density at radius 2 is 0.927 bits per heavy atom. The number of hydrogen-bond donors (Lipinski definition) is 0. The molecule has 1 heterocycles. The number of fused-ring (bicyclic) bond motifs is 4. The number of rotatable bonds is 8. The smallest absolute Gasteiger partial charge is 0.0351 e. The summed E-state index contributed by atoms with van der Waals surface area (Å²) < 4.78 is 0. The summed E-state index contributed by atoms with van der Waals surface area (Å²) >= 11 is 1.97. The van der Waals surface area contributed by atoms with Crippen LogP contribution in [0.2, 0.25) is 0 Å². The third kappa shape index (κ3) is 6.53. The van der Waals surface area contributed by atoms with Gasteiger partial charge >= 0.3 is 0 Å². The highest BCUT2D eigenvalue weighted by Crippen LogP contribution is 2.36. The molecule has 204 valence electrons. The van der Waals surface area contributed by atoms with Crippen LogP contribution in [0.5, 0.6) is 0 Å². The molecular formula is C40H38S. The van der Waals surface area contributed by atoms with Crippen LogP contribution in [-0.2, 0) is 6.42 Å². The van der Waals surface area contributed by atoms with Crippen LogP contribution in [0.25, 0.3) is 53.5 Å². The van der Waals surface area contributed by atoms with Crippen molar-refractivity contribution in [2.45, 2.75) is 51.9 Å². The van der Waals surface area contributed by atoms with Crippen molar-refractivity contribution in [1.29, 1.82) is 0 Å². The highest BCUT2D eigenvalue weighted by atomic mass is 32.1. The molecule has 0 saturated heterocycles. The summed E-state index contributed by atoms with van der Waals surface area (Å²) in [6.45, 7) is 2.28. The topological polar surface area (TPSA) is 0 Å². The number of hydrogen-bond acceptors (Lipinski definition) is 1. The molecule has 0 radical (unpaired) electrons. The van der Waals surface area contributed by atoms with Gasteiger partial charge in [-0.1, -0.05) is 130 Å². The second-order valence-corrected chi connectivity index (χ2v) is 12.2. The highest BCUT2D eigenvalue weighted by Gasteiger charge is 2.08. The van der Waals surface area contributed by atoms with Gasteiger partial charge < -0.3 is 0 Å². The van der Waals surface area contributed by atoms with Crippen LogP contribution in [0.15, 0.2) is 127 Å². The second kappa shape index (κ2) is 13.1. The molecule has 7 aromatic rings. The van der Waals surface area contributed by atoms with E-state index in [1.54, 1.807) is 0 Å². The molecule has 1 heteroatoms. The van der Waals surface area contributed by atoms with Gasteiger partial charge in [0, 0.05) is 9.75 Å². The lowest BCUT2D eigenvalue weighted by Crippen LogP contribution is -1.82. The molecule has 0 spiro atoms. The van der Waals surface area contributed by atoms with Crippen LogP contribution in [0.3, 0.4) is 0 Å². The Morgan fingerprint density at radius 3 is 1.51 bits per heavy atom. The van der Waals surface area contributed by atoms with Gasteiger partial charge in [-0.05, 0) is 97.9 Å². The fourth-order valence-corrected chi connectivity index (χ4v) is 6.89. The zero-order chi connectivity index (χ0) is 27.9. The molecule has 6 aromatic carbocycles. The summed E-state index contributed by atoms with van der Waals surface area (Å²) in [7, 11) is 0. The van der Waals surface area contributed by atoms with Gasteiger partial charge in [-0.3, -0.25) is 0 Å². The SMILES string of the molecule is CCCCCCCCc1ccc(-c2cccc3cc4ccccc4cc23)s1.c1ccc2cc3ccccc3cc2c1. The number of aryl methyl sites for hydroxylation is 1. The quantitative estimate of drug-likeness (QED) is 0.130. The molecule has 0 fully saturated rings. The first-order valence-electron chi connectivity index (χ1n) is 15.2. The van der Waals surface area contributed by atoms with Gasteiger partial charge in [0.2, 0.25) is 0 Å². The average molecular weight is 551 g/mol. The van der Waals surface area contributed by atoms with E-state index in [0.29, 0.717) is 0 Å². The molecule has 1 aromatic heterocycles. The van der Waals surface area contributed by atoms with E-state index < -0.39 is 0 Å². The highest BCUT2D eigenvalue weighted by molar-refractivity contribution is 7.15. The molecule has 41 heavy (non-hydrogen) atoms. The fraction of sp³-hybridized carbons (Fsp3) is 0.200. The Labute approximate surface area is 248 Å². The Bertz CT molecular complexity index is 1790. The molecule has 0 bridgehead atoms. The molecule has 0 amide bonds. The number of unbranched alkanes of at least 4 members (excludes halogenated alkanes) is 5. The van der Waals surface area contributed by atoms with Crippen molar-refractivity contribution in [3.8, 4) is 10.4 Å². The fourth-order valence-electron chi connectivity index (χ4n) is 5.80. The summed E-state index contributed by atoms with van der Waals surface area (Å²) in [5, 5.41) is 10.6. The monoisotopic (exact) mass is 550 g/mol. The van der Waals surface area contributed by atoms with Crippen LogP contribution >= 0.6 is 11.3 Å². The van der Waals surface area contributed by atoms with Crippen molar-refractivity contribution >= 4 is 54.4 Å². The van der Waals surface area contributed by atoms with Crippen molar-refractivity contribution in [3.05, 3.63) is 132 Å². The Hall–Kier alpha value is -3.94. The van der Waals surface area contributed by atoms with E-state index in [0.717, 1.165) is 0 Å². The second-order valence-electron chi connectivity index (χ2n) is 11.1. The summed E-state index contributed by atoms with van der Waals surface area (Å²) in [5.74, 6) is 0. The minimum absolute atomic E-state index is 1.23. The molecule has 0 unspecified atom stereocenters. The van der Waals surface area contributed by atoms with E-state index in [1.807, 2.05) is 11.3 Å². The predicted octanol–water partition coefficient (Wildman–Crippen LogP) is 12.6. The minimum Gasteiger partial charge on any atom is -0.140 e. The van der Waals surface area contributed by atoms with E-state index in [-0.39, 0.29) is 0 Å². The summed E-state index contributed by atoms with van der Waals surface area (Å²) in [4.78, 5) is 2.93. The normalized spacial score (nSPS) is 11.2. The van der Waals surface area contributed by atoms with Crippen molar-refractivity contribution in [1.82, 2.24) is 0 Å². The maximum Gasteiger partial charge on any atom is 0.0351 e. The zero-order valence-corrected chi connectivity index (χ0v) is 24.8. The van der Waals surface area contributed by atoms with Gasteiger partial charge in [-0.25, -0.2) is 0 Å². The summed E-state index contributed by atoms with van der Waals surface area (Å²) in [6.07, 6.45) is 9.42. The Morgan fingerprint density at radius 1 is 0.439 bits per heavy atom. The van der Waals surface area contributed by atoms with E-state index in [2.05, 4.69) is 134 Å². The lowest BCUT2D eigenvalue weighted by molar-refractivity contribution is 0.609. The molecule has 7 rings (SSSR count). The standard InChI is InChI=1S/C26H28S.C14H10/c1-2-3-4-5-6-7-14-23-16-17-26(27-23)24-15-10-13-22-18-20-11-8-9-12-21(20)19-25(22)24;1-2-6-12-10-14-8-4-3-7-13(14)9-11(12)5-1/h8-13,15-19H,2-7,14H2,1H3;1-10H. The van der Waals surface area contributed by atoms with Crippen molar-refractivity contribution in [2.24, 2.45) is 0 Å². The van der Waals surface area contributed by atoms with E-state index >= 15 is 0 Å². The minimum atomic E-state index is 1.23. The van der Waals surface area contributed by atoms with Crippen LogP contribution in [0.1, 0.15) is 50.3 Å².